The van der Waals surface area contributed by atoms with Crippen LogP contribution in [-0.2, 0) is 0 Å². The summed E-state index contributed by atoms with van der Waals surface area (Å²) in [7, 11) is 3.90. The number of furan rings is 1. The van der Waals surface area contributed by atoms with E-state index in [1.165, 1.54) is 11.3 Å². The molecular weight excluding hydrogens is 288 g/mol. The zero-order valence-corrected chi connectivity index (χ0v) is 12.6. The molecule has 0 aliphatic rings. The van der Waals surface area contributed by atoms with Crippen molar-refractivity contribution in [3.8, 4) is 0 Å². The average molecular weight is 304 g/mol. The number of fused-ring (bicyclic) bond motifs is 1. The molecule has 3 heterocycles. The third-order valence-electron chi connectivity index (χ3n) is 3.28. The SMILES string of the molecule is CN(C)[C@@H](CNC(=O)c1cn2ccsc2n1)c1ccco1. The summed E-state index contributed by atoms with van der Waals surface area (Å²) in [4.78, 5) is 19.3. The van der Waals surface area contributed by atoms with Gasteiger partial charge in [-0.05, 0) is 26.2 Å². The molecule has 0 aliphatic heterocycles. The van der Waals surface area contributed by atoms with Crippen molar-refractivity contribution >= 4 is 22.2 Å². The van der Waals surface area contributed by atoms with Crippen LogP contribution in [0, 0.1) is 0 Å². The number of carbonyl (C=O) groups excluding carboxylic acids is 1. The van der Waals surface area contributed by atoms with Gasteiger partial charge in [0.15, 0.2) is 4.96 Å². The van der Waals surface area contributed by atoms with Crippen LogP contribution >= 0.6 is 11.3 Å². The highest BCUT2D eigenvalue weighted by molar-refractivity contribution is 7.15. The van der Waals surface area contributed by atoms with Crippen LogP contribution < -0.4 is 5.32 Å². The molecule has 1 amide bonds. The lowest BCUT2D eigenvalue weighted by Crippen LogP contribution is -2.34. The number of hydrogen-bond acceptors (Lipinski definition) is 5. The Morgan fingerprint density at radius 3 is 3.10 bits per heavy atom. The van der Waals surface area contributed by atoms with Gasteiger partial charge in [-0.3, -0.25) is 14.1 Å². The lowest BCUT2D eigenvalue weighted by molar-refractivity contribution is 0.0934. The summed E-state index contributed by atoms with van der Waals surface area (Å²) in [6, 6.07) is 3.74. The molecule has 1 N–H and O–H groups in total. The minimum atomic E-state index is -0.177. The van der Waals surface area contributed by atoms with E-state index < -0.39 is 0 Å². The molecule has 0 fully saturated rings. The van der Waals surface area contributed by atoms with Gasteiger partial charge in [0.1, 0.15) is 11.5 Å². The summed E-state index contributed by atoms with van der Waals surface area (Å²) in [6.45, 7) is 0.463. The monoisotopic (exact) mass is 304 g/mol. The quantitative estimate of drug-likeness (QED) is 0.783. The van der Waals surface area contributed by atoms with Crippen LogP contribution in [0.4, 0.5) is 0 Å². The van der Waals surface area contributed by atoms with Gasteiger partial charge in [-0.1, -0.05) is 0 Å². The summed E-state index contributed by atoms with van der Waals surface area (Å²) in [5, 5.41) is 4.84. The number of thiazole rings is 1. The van der Waals surface area contributed by atoms with Crippen LogP contribution in [0.2, 0.25) is 0 Å². The molecular formula is C14H16N4O2S. The Hall–Kier alpha value is -2.12. The molecule has 110 valence electrons. The number of nitrogens with zero attached hydrogens (tertiary/aromatic N) is 3. The largest absolute Gasteiger partial charge is 0.468 e. The smallest absolute Gasteiger partial charge is 0.271 e. The van der Waals surface area contributed by atoms with Crippen LogP contribution in [0.1, 0.15) is 22.3 Å². The van der Waals surface area contributed by atoms with Gasteiger partial charge in [0.25, 0.3) is 5.91 Å². The Morgan fingerprint density at radius 2 is 2.43 bits per heavy atom. The second-order valence-corrected chi connectivity index (χ2v) is 5.80. The van der Waals surface area contributed by atoms with E-state index in [2.05, 4.69) is 10.3 Å². The third-order valence-corrected chi connectivity index (χ3v) is 4.05. The van der Waals surface area contributed by atoms with E-state index in [-0.39, 0.29) is 11.9 Å². The normalized spacial score (nSPS) is 12.9. The van der Waals surface area contributed by atoms with Crippen molar-refractivity contribution in [3.63, 3.8) is 0 Å². The van der Waals surface area contributed by atoms with E-state index in [0.29, 0.717) is 12.2 Å². The number of amides is 1. The standard InChI is InChI=1S/C14H16N4O2S/c1-17(2)11(12-4-3-6-20-12)8-15-13(19)10-9-18-5-7-21-14(18)16-10/h3-7,9,11H,8H2,1-2H3,(H,15,19)/t11-/m0/s1. The fourth-order valence-corrected chi connectivity index (χ4v) is 2.84. The summed E-state index contributed by atoms with van der Waals surface area (Å²) in [6.07, 6.45) is 5.26. The molecule has 0 saturated heterocycles. The minimum absolute atomic E-state index is 0.00678. The molecule has 3 aromatic rings. The number of imidazole rings is 1. The maximum Gasteiger partial charge on any atom is 0.271 e. The Bertz CT molecular complexity index is 701. The van der Waals surface area contributed by atoms with Crippen LogP contribution in [0.25, 0.3) is 4.96 Å². The minimum Gasteiger partial charge on any atom is -0.468 e. The lowest BCUT2D eigenvalue weighted by Gasteiger charge is -2.22. The highest BCUT2D eigenvalue weighted by Crippen LogP contribution is 2.18. The second-order valence-electron chi connectivity index (χ2n) is 4.92. The Morgan fingerprint density at radius 1 is 1.57 bits per heavy atom. The van der Waals surface area contributed by atoms with Crippen molar-refractivity contribution in [2.75, 3.05) is 20.6 Å². The van der Waals surface area contributed by atoms with Crippen molar-refractivity contribution < 1.29 is 9.21 Å². The van der Waals surface area contributed by atoms with Gasteiger partial charge >= 0.3 is 0 Å². The van der Waals surface area contributed by atoms with E-state index in [1.807, 2.05) is 47.1 Å². The van der Waals surface area contributed by atoms with Gasteiger partial charge < -0.3 is 9.73 Å². The average Bonchev–Trinajstić information content (AvgIpc) is 3.14. The van der Waals surface area contributed by atoms with Gasteiger partial charge in [-0.2, -0.15) is 0 Å². The van der Waals surface area contributed by atoms with E-state index in [4.69, 9.17) is 4.42 Å². The van der Waals surface area contributed by atoms with Crippen molar-refractivity contribution in [1.82, 2.24) is 19.6 Å². The van der Waals surface area contributed by atoms with E-state index >= 15 is 0 Å². The summed E-state index contributed by atoms with van der Waals surface area (Å²) in [5.41, 5.74) is 0.429. The maximum absolute atomic E-state index is 12.2. The number of hydrogen-bond donors (Lipinski definition) is 1. The zero-order chi connectivity index (χ0) is 14.8. The van der Waals surface area contributed by atoms with Crippen LogP contribution in [0.15, 0.2) is 40.6 Å². The summed E-state index contributed by atoms with van der Waals surface area (Å²) < 4.78 is 7.26. The molecule has 0 saturated carbocycles. The Labute approximate surface area is 126 Å². The van der Waals surface area contributed by atoms with Crippen molar-refractivity contribution in [1.29, 1.82) is 0 Å². The van der Waals surface area contributed by atoms with Gasteiger partial charge in [0.05, 0.1) is 12.3 Å². The first-order valence-corrected chi connectivity index (χ1v) is 7.43. The van der Waals surface area contributed by atoms with Gasteiger partial charge in [0.2, 0.25) is 0 Å². The van der Waals surface area contributed by atoms with Crippen molar-refractivity contribution in [3.05, 3.63) is 47.6 Å². The van der Waals surface area contributed by atoms with Crippen molar-refractivity contribution in [2.24, 2.45) is 0 Å². The van der Waals surface area contributed by atoms with Gasteiger partial charge in [-0.25, -0.2) is 4.98 Å². The highest BCUT2D eigenvalue weighted by atomic mass is 32.1. The number of nitrogens with one attached hydrogen (secondary N) is 1. The molecule has 0 aliphatic carbocycles. The number of aromatic nitrogens is 2. The van der Waals surface area contributed by atoms with Crippen LogP contribution in [0.5, 0.6) is 0 Å². The summed E-state index contributed by atoms with van der Waals surface area (Å²) in [5.74, 6) is 0.649. The van der Waals surface area contributed by atoms with Crippen molar-refractivity contribution in [2.45, 2.75) is 6.04 Å². The summed E-state index contributed by atoms with van der Waals surface area (Å²) >= 11 is 1.50. The van der Waals surface area contributed by atoms with Crippen LogP contribution in [0.3, 0.4) is 0 Å². The molecule has 3 aromatic heterocycles. The third kappa shape index (κ3) is 2.84. The molecule has 0 unspecified atom stereocenters. The zero-order valence-electron chi connectivity index (χ0n) is 11.8. The highest BCUT2D eigenvalue weighted by Gasteiger charge is 2.19. The van der Waals surface area contributed by atoms with E-state index in [9.17, 15) is 4.79 Å². The Balaban J connectivity index is 1.68. The van der Waals surface area contributed by atoms with Crippen LogP contribution in [-0.4, -0.2) is 40.8 Å². The second kappa shape index (κ2) is 5.71. The molecule has 0 radical (unpaired) electrons. The fraction of sp³-hybridized carbons (Fsp3) is 0.286. The molecule has 1 atom stereocenters. The number of likely N-dealkylation sites (N-methyl/N-ethyl adjacent to an activating group) is 1. The van der Waals surface area contributed by atoms with E-state index in [0.717, 1.165) is 10.7 Å². The predicted octanol–water partition coefficient (Wildman–Crippen LogP) is 2.02. The first-order chi connectivity index (χ1) is 10.1. The molecule has 0 aromatic carbocycles. The van der Waals surface area contributed by atoms with Gasteiger partial charge in [0, 0.05) is 24.3 Å². The lowest BCUT2D eigenvalue weighted by atomic mass is 10.2. The number of carbonyl (C=O) groups is 1. The Kier molecular flexibility index (Phi) is 3.76. The molecule has 21 heavy (non-hydrogen) atoms. The van der Waals surface area contributed by atoms with Gasteiger partial charge in [-0.15, -0.1) is 11.3 Å². The molecule has 3 rings (SSSR count). The number of rotatable bonds is 5. The first-order valence-electron chi connectivity index (χ1n) is 6.55. The molecule has 0 bridgehead atoms. The molecule has 0 spiro atoms. The molecule has 6 nitrogen and oxygen atoms in total. The maximum atomic E-state index is 12.2. The fourth-order valence-electron chi connectivity index (χ4n) is 2.14. The molecule has 7 heteroatoms. The first kappa shape index (κ1) is 13.8. The predicted molar refractivity (Wildman–Crippen MR) is 80.5 cm³/mol. The topological polar surface area (TPSA) is 62.8 Å². The van der Waals surface area contributed by atoms with E-state index in [1.54, 1.807) is 12.5 Å².